The van der Waals surface area contributed by atoms with E-state index in [1.54, 1.807) is 24.4 Å². The highest BCUT2D eigenvalue weighted by Gasteiger charge is 2.23. The fraction of sp³-hybridized carbons (Fsp3) is 0.471. The molecule has 0 bridgehead atoms. The number of furan rings is 1. The summed E-state index contributed by atoms with van der Waals surface area (Å²) in [4.78, 5) is 26.2. The van der Waals surface area contributed by atoms with Crippen LogP contribution in [0, 0.1) is 0 Å². The van der Waals surface area contributed by atoms with Gasteiger partial charge >= 0.3 is 0 Å². The van der Waals surface area contributed by atoms with E-state index in [-0.39, 0.29) is 17.5 Å². The maximum atomic E-state index is 12.1. The van der Waals surface area contributed by atoms with Gasteiger partial charge in [0.05, 0.1) is 6.54 Å². The van der Waals surface area contributed by atoms with Crippen LogP contribution in [-0.4, -0.2) is 46.3 Å². The molecule has 0 spiro atoms. The smallest absolute Gasteiger partial charge is 0.287 e. The van der Waals surface area contributed by atoms with Gasteiger partial charge in [-0.05, 0) is 53.5 Å². The summed E-state index contributed by atoms with van der Waals surface area (Å²) in [5, 5.41) is 7.04. The number of hydrogen-bond donors (Lipinski definition) is 1. The zero-order valence-electron chi connectivity index (χ0n) is 13.9. The van der Waals surface area contributed by atoms with Crippen LogP contribution in [0.1, 0.15) is 29.8 Å². The van der Waals surface area contributed by atoms with E-state index in [0.717, 1.165) is 32.4 Å². The highest BCUT2D eigenvalue weighted by atomic mass is 79.9. The topological polar surface area (TPSA) is 80.4 Å². The second-order valence-electron chi connectivity index (χ2n) is 6.08. The summed E-state index contributed by atoms with van der Waals surface area (Å²) in [5.74, 6) is 0.0893. The highest BCUT2D eigenvalue weighted by Crippen LogP contribution is 2.17. The van der Waals surface area contributed by atoms with Gasteiger partial charge in [0.2, 0.25) is 0 Å². The molecule has 1 aliphatic rings. The van der Waals surface area contributed by atoms with Gasteiger partial charge < -0.3 is 9.73 Å². The summed E-state index contributed by atoms with van der Waals surface area (Å²) in [6.07, 6.45) is 4.93. The number of amides is 1. The Morgan fingerprint density at radius 3 is 2.96 bits per heavy atom. The van der Waals surface area contributed by atoms with Crippen molar-refractivity contribution in [1.82, 2.24) is 20.0 Å². The number of aromatic nitrogens is 2. The number of nitrogens with one attached hydrogen (secondary N) is 1. The van der Waals surface area contributed by atoms with Gasteiger partial charge in [-0.1, -0.05) is 6.42 Å². The molecule has 7 nitrogen and oxygen atoms in total. The Morgan fingerprint density at radius 1 is 1.32 bits per heavy atom. The monoisotopic (exact) mass is 408 g/mol. The van der Waals surface area contributed by atoms with Crippen molar-refractivity contribution in [1.29, 1.82) is 0 Å². The molecule has 2 aromatic heterocycles. The van der Waals surface area contributed by atoms with E-state index < -0.39 is 0 Å². The second-order valence-corrected chi connectivity index (χ2v) is 6.87. The molecule has 0 aromatic carbocycles. The van der Waals surface area contributed by atoms with Gasteiger partial charge in [0.25, 0.3) is 11.5 Å². The lowest BCUT2D eigenvalue weighted by molar-refractivity contribution is 0.0881. The van der Waals surface area contributed by atoms with Crippen molar-refractivity contribution in [3.8, 4) is 0 Å². The number of hydrogen-bond acceptors (Lipinski definition) is 5. The zero-order valence-corrected chi connectivity index (χ0v) is 15.4. The number of nitrogens with zero attached hydrogens (tertiary/aromatic N) is 3. The lowest BCUT2D eigenvalue weighted by Crippen LogP contribution is -2.48. The van der Waals surface area contributed by atoms with Gasteiger partial charge in [0, 0.05) is 31.4 Å². The Kier molecular flexibility index (Phi) is 6.04. The number of carbonyl (C=O) groups excluding carboxylic acids is 1. The molecule has 0 saturated carbocycles. The normalized spacial score (nSPS) is 18.2. The van der Waals surface area contributed by atoms with Crippen LogP contribution < -0.4 is 10.9 Å². The van der Waals surface area contributed by atoms with Crippen molar-refractivity contribution < 1.29 is 9.21 Å². The van der Waals surface area contributed by atoms with Crippen molar-refractivity contribution in [3.05, 3.63) is 51.2 Å². The number of piperidine rings is 1. The molecular weight excluding hydrogens is 388 g/mol. The Morgan fingerprint density at radius 2 is 2.20 bits per heavy atom. The van der Waals surface area contributed by atoms with Crippen LogP contribution in [0.25, 0.3) is 0 Å². The minimum absolute atomic E-state index is 0.0900. The molecule has 8 heteroatoms. The summed E-state index contributed by atoms with van der Waals surface area (Å²) in [6, 6.07) is 6.77. The number of halogens is 1. The Labute approximate surface area is 154 Å². The van der Waals surface area contributed by atoms with Crippen LogP contribution in [0.4, 0.5) is 0 Å². The Bertz CT molecular complexity index is 773. The molecule has 1 atom stereocenters. The molecule has 0 radical (unpaired) electrons. The first kappa shape index (κ1) is 17.9. The molecule has 1 N–H and O–H groups in total. The molecule has 25 heavy (non-hydrogen) atoms. The van der Waals surface area contributed by atoms with Crippen molar-refractivity contribution in [3.63, 3.8) is 0 Å². The van der Waals surface area contributed by atoms with E-state index in [1.165, 1.54) is 10.7 Å². The van der Waals surface area contributed by atoms with Crippen molar-refractivity contribution in [2.45, 2.75) is 31.8 Å². The summed E-state index contributed by atoms with van der Waals surface area (Å²) in [6.45, 7) is 2.82. The van der Waals surface area contributed by atoms with Crippen LogP contribution >= 0.6 is 15.9 Å². The van der Waals surface area contributed by atoms with E-state index in [9.17, 15) is 9.59 Å². The molecule has 134 valence electrons. The predicted octanol–water partition coefficient (Wildman–Crippen LogP) is 1.88. The molecule has 1 saturated heterocycles. The van der Waals surface area contributed by atoms with Crippen LogP contribution in [0.15, 0.2) is 44.3 Å². The van der Waals surface area contributed by atoms with Crippen LogP contribution in [-0.2, 0) is 6.54 Å². The average Bonchev–Trinajstić information content (AvgIpc) is 3.06. The first-order chi connectivity index (χ1) is 12.1. The second kappa shape index (κ2) is 8.44. The molecule has 0 aliphatic carbocycles. The molecule has 1 amide bonds. The minimum atomic E-state index is -0.211. The van der Waals surface area contributed by atoms with Gasteiger partial charge in [-0.25, -0.2) is 4.68 Å². The third-order valence-electron chi connectivity index (χ3n) is 4.43. The maximum Gasteiger partial charge on any atom is 0.287 e. The molecule has 3 rings (SSSR count). The van der Waals surface area contributed by atoms with Crippen molar-refractivity contribution in [2.75, 3.05) is 19.6 Å². The van der Waals surface area contributed by atoms with Gasteiger partial charge in [0.15, 0.2) is 10.4 Å². The molecule has 2 aromatic rings. The molecule has 1 fully saturated rings. The van der Waals surface area contributed by atoms with E-state index in [2.05, 4.69) is 31.2 Å². The third-order valence-corrected chi connectivity index (χ3v) is 4.85. The lowest BCUT2D eigenvalue weighted by atomic mass is 10.0. The van der Waals surface area contributed by atoms with Crippen LogP contribution in [0.3, 0.4) is 0 Å². The standard InChI is InChI=1S/C17H21BrN4O3/c18-15-7-6-14(25-15)17(24)19-12-13-4-1-2-9-21(13)10-11-22-16(23)5-3-8-20-22/h3,5-8,13H,1-2,4,9-12H2,(H,19,24). The van der Waals surface area contributed by atoms with E-state index in [1.807, 2.05) is 0 Å². The molecule has 1 unspecified atom stereocenters. The first-order valence-electron chi connectivity index (χ1n) is 8.43. The maximum absolute atomic E-state index is 12.1. The van der Waals surface area contributed by atoms with E-state index in [0.29, 0.717) is 23.5 Å². The molecular formula is C17H21BrN4O3. The average molecular weight is 409 g/mol. The quantitative estimate of drug-likeness (QED) is 0.788. The fourth-order valence-electron chi connectivity index (χ4n) is 3.10. The molecule has 1 aliphatic heterocycles. The van der Waals surface area contributed by atoms with Gasteiger partial charge in [-0.15, -0.1) is 0 Å². The summed E-state index contributed by atoms with van der Waals surface area (Å²) < 4.78 is 7.29. The zero-order chi connectivity index (χ0) is 17.6. The van der Waals surface area contributed by atoms with E-state index in [4.69, 9.17) is 4.42 Å². The predicted molar refractivity (Wildman–Crippen MR) is 96.5 cm³/mol. The summed E-state index contributed by atoms with van der Waals surface area (Å²) in [7, 11) is 0. The third kappa shape index (κ3) is 4.79. The highest BCUT2D eigenvalue weighted by molar-refractivity contribution is 9.10. The largest absolute Gasteiger partial charge is 0.444 e. The first-order valence-corrected chi connectivity index (χ1v) is 9.22. The number of likely N-dealkylation sites (tertiary alicyclic amines) is 1. The van der Waals surface area contributed by atoms with Crippen molar-refractivity contribution >= 4 is 21.8 Å². The SMILES string of the molecule is O=C(NCC1CCCCN1CCn1ncccc1=O)c1ccc(Br)o1. The Balaban J connectivity index is 1.54. The van der Waals surface area contributed by atoms with E-state index >= 15 is 0 Å². The minimum Gasteiger partial charge on any atom is -0.444 e. The summed E-state index contributed by atoms with van der Waals surface area (Å²) >= 11 is 3.20. The van der Waals surface area contributed by atoms with Gasteiger partial charge in [-0.2, -0.15) is 5.10 Å². The summed E-state index contributed by atoms with van der Waals surface area (Å²) in [5.41, 5.74) is -0.0900. The van der Waals surface area contributed by atoms with Crippen LogP contribution in [0.2, 0.25) is 0 Å². The fourth-order valence-corrected chi connectivity index (χ4v) is 3.40. The molecule has 3 heterocycles. The van der Waals surface area contributed by atoms with Gasteiger partial charge in [0.1, 0.15) is 0 Å². The number of rotatable bonds is 6. The number of carbonyl (C=O) groups is 1. The Hall–Kier alpha value is -1.93. The van der Waals surface area contributed by atoms with Crippen molar-refractivity contribution in [2.24, 2.45) is 0 Å². The van der Waals surface area contributed by atoms with Gasteiger partial charge in [-0.3, -0.25) is 14.5 Å². The van der Waals surface area contributed by atoms with Crippen LogP contribution in [0.5, 0.6) is 0 Å². The lowest BCUT2D eigenvalue weighted by Gasteiger charge is -2.35.